The fourth-order valence-electron chi connectivity index (χ4n) is 4.78. The van der Waals surface area contributed by atoms with E-state index in [1.54, 1.807) is 38.1 Å². The first kappa shape index (κ1) is 26.6. The van der Waals surface area contributed by atoms with Crippen LogP contribution in [0.25, 0.3) is 11.4 Å². The highest BCUT2D eigenvalue weighted by Gasteiger charge is 2.36. The van der Waals surface area contributed by atoms with Crippen molar-refractivity contribution in [2.24, 2.45) is 0 Å². The van der Waals surface area contributed by atoms with Gasteiger partial charge in [-0.2, -0.15) is 4.98 Å². The van der Waals surface area contributed by atoms with Gasteiger partial charge >= 0.3 is 0 Å². The molecular formula is C30H31N5O5. The first-order valence-electron chi connectivity index (χ1n) is 12.8. The smallest absolute Gasteiger partial charge is 0.255 e. The molecule has 0 radical (unpaired) electrons. The van der Waals surface area contributed by atoms with Crippen molar-refractivity contribution in [3.05, 3.63) is 83.6 Å². The van der Waals surface area contributed by atoms with Crippen molar-refractivity contribution in [3.8, 4) is 34.4 Å². The van der Waals surface area contributed by atoms with E-state index in [4.69, 9.17) is 29.0 Å². The molecule has 2 heterocycles. The Kier molecular flexibility index (Phi) is 7.59. The fourth-order valence-corrected chi connectivity index (χ4v) is 4.78. The lowest BCUT2D eigenvalue weighted by Crippen LogP contribution is -2.31. The number of aromatic nitrogens is 3. The van der Waals surface area contributed by atoms with Crippen LogP contribution in [0.15, 0.2) is 78.0 Å². The van der Waals surface area contributed by atoms with Gasteiger partial charge in [0.1, 0.15) is 11.8 Å². The van der Waals surface area contributed by atoms with Crippen LogP contribution in [0.1, 0.15) is 25.5 Å². The predicted octanol–water partition coefficient (Wildman–Crippen LogP) is 5.30. The van der Waals surface area contributed by atoms with Gasteiger partial charge in [-0.1, -0.05) is 36.4 Å². The highest BCUT2D eigenvalue weighted by atomic mass is 16.5. The number of hydrogen-bond acceptors (Lipinski definition) is 8. The van der Waals surface area contributed by atoms with Gasteiger partial charge in [0.2, 0.25) is 11.7 Å². The van der Waals surface area contributed by atoms with Gasteiger partial charge in [0, 0.05) is 22.5 Å². The van der Waals surface area contributed by atoms with Crippen molar-refractivity contribution in [2.45, 2.75) is 19.9 Å². The lowest BCUT2D eigenvalue weighted by Gasteiger charge is -2.29. The summed E-state index contributed by atoms with van der Waals surface area (Å²) in [6.45, 7) is 4.25. The van der Waals surface area contributed by atoms with Crippen molar-refractivity contribution in [1.82, 2.24) is 14.8 Å². The Morgan fingerprint density at radius 2 is 1.62 bits per heavy atom. The second-order valence-electron chi connectivity index (χ2n) is 8.97. The zero-order valence-corrected chi connectivity index (χ0v) is 23.0. The number of hydrogen-bond donors (Lipinski definition) is 2. The van der Waals surface area contributed by atoms with E-state index in [-0.39, 0.29) is 5.91 Å². The molecule has 1 aliphatic heterocycles. The molecule has 1 atom stereocenters. The first-order chi connectivity index (χ1) is 19.5. The molecule has 1 aromatic heterocycles. The Hall–Kier alpha value is -4.99. The van der Waals surface area contributed by atoms with Crippen LogP contribution in [0.4, 0.5) is 11.6 Å². The van der Waals surface area contributed by atoms with Crippen LogP contribution in [0.3, 0.4) is 0 Å². The van der Waals surface area contributed by atoms with Gasteiger partial charge in [0.05, 0.1) is 33.5 Å². The maximum absolute atomic E-state index is 13.8. The van der Waals surface area contributed by atoms with Crippen molar-refractivity contribution in [2.75, 3.05) is 38.6 Å². The van der Waals surface area contributed by atoms with E-state index in [9.17, 15) is 4.79 Å². The molecule has 40 heavy (non-hydrogen) atoms. The Bertz CT molecular complexity index is 1540. The summed E-state index contributed by atoms with van der Waals surface area (Å²) in [5, 5.41) is 11.2. The second kappa shape index (κ2) is 11.4. The topological polar surface area (TPSA) is 109 Å². The number of nitrogens with one attached hydrogen (secondary N) is 2. The lowest BCUT2D eigenvalue weighted by molar-refractivity contribution is -0.113. The SMILES string of the molecule is CCOc1ccccc1C1C(C(=O)Nc2ccccc2)=C(C)Nc2nc(-c3cc(OC)c(OC)c(OC)c3)nn21. The normalized spacial score (nSPS) is 14.2. The summed E-state index contributed by atoms with van der Waals surface area (Å²) in [5.41, 5.74) is 3.27. The molecule has 0 spiro atoms. The Balaban J connectivity index is 1.65. The zero-order valence-electron chi connectivity index (χ0n) is 23.0. The number of amides is 1. The fraction of sp³-hybridized carbons (Fsp3) is 0.233. The van der Waals surface area contributed by atoms with E-state index < -0.39 is 6.04 Å². The summed E-state index contributed by atoms with van der Waals surface area (Å²) >= 11 is 0. The van der Waals surface area contributed by atoms with Gasteiger partial charge in [-0.3, -0.25) is 4.79 Å². The number of rotatable bonds is 9. The Morgan fingerprint density at radius 3 is 2.27 bits per heavy atom. The third kappa shape index (κ3) is 4.91. The van der Waals surface area contributed by atoms with Gasteiger partial charge in [0.15, 0.2) is 17.3 Å². The van der Waals surface area contributed by atoms with Crippen molar-refractivity contribution in [3.63, 3.8) is 0 Å². The summed E-state index contributed by atoms with van der Waals surface area (Å²) in [6, 6.07) is 19.9. The van der Waals surface area contributed by atoms with Crippen LogP contribution in [0.5, 0.6) is 23.0 Å². The molecule has 1 unspecified atom stereocenters. The molecule has 206 valence electrons. The highest BCUT2D eigenvalue weighted by Crippen LogP contribution is 2.43. The number of fused-ring (bicyclic) bond motifs is 1. The number of anilines is 2. The molecule has 0 bridgehead atoms. The average Bonchev–Trinajstić information content (AvgIpc) is 3.40. The molecule has 1 aliphatic rings. The minimum Gasteiger partial charge on any atom is -0.494 e. The molecule has 5 rings (SSSR count). The molecule has 0 aliphatic carbocycles. The summed E-state index contributed by atoms with van der Waals surface area (Å²) in [7, 11) is 4.66. The monoisotopic (exact) mass is 541 g/mol. The van der Waals surface area contributed by atoms with Crippen LogP contribution in [0, 0.1) is 0 Å². The molecule has 10 heteroatoms. The zero-order chi connectivity index (χ0) is 28.2. The molecule has 2 N–H and O–H groups in total. The highest BCUT2D eigenvalue weighted by molar-refractivity contribution is 6.06. The minimum atomic E-state index is -0.619. The summed E-state index contributed by atoms with van der Waals surface area (Å²) < 4.78 is 24.2. The summed E-state index contributed by atoms with van der Waals surface area (Å²) in [6.07, 6.45) is 0. The number of carbonyl (C=O) groups excluding carboxylic acids is 1. The molecule has 0 saturated carbocycles. The molecular weight excluding hydrogens is 510 g/mol. The molecule has 3 aromatic carbocycles. The van der Waals surface area contributed by atoms with Crippen molar-refractivity contribution in [1.29, 1.82) is 0 Å². The number of nitrogens with zero attached hydrogens (tertiary/aromatic N) is 3. The van der Waals surface area contributed by atoms with Crippen LogP contribution in [-0.2, 0) is 4.79 Å². The predicted molar refractivity (Wildman–Crippen MR) is 152 cm³/mol. The van der Waals surface area contributed by atoms with Crippen LogP contribution in [-0.4, -0.2) is 48.6 Å². The van der Waals surface area contributed by atoms with Crippen molar-refractivity contribution < 1.29 is 23.7 Å². The van der Waals surface area contributed by atoms with Crippen LogP contribution < -0.4 is 29.6 Å². The second-order valence-corrected chi connectivity index (χ2v) is 8.97. The Morgan fingerprint density at radius 1 is 0.950 bits per heavy atom. The minimum absolute atomic E-state index is 0.261. The van der Waals surface area contributed by atoms with Gasteiger partial charge in [0.25, 0.3) is 5.91 Å². The number of benzene rings is 3. The van der Waals surface area contributed by atoms with Crippen LogP contribution >= 0.6 is 0 Å². The van der Waals surface area contributed by atoms with E-state index in [1.165, 1.54) is 0 Å². The molecule has 1 amide bonds. The standard InChI is InChI=1S/C30H31N5O5/c1-6-40-22-15-11-10-14-21(22)26-25(29(36)32-20-12-8-7-9-13-20)18(2)31-30-33-28(34-35(26)30)19-16-23(37-3)27(39-5)24(17-19)38-4/h7-17,26H,6H2,1-5H3,(H,32,36)(H,31,33,34). The largest absolute Gasteiger partial charge is 0.494 e. The van der Waals surface area contributed by atoms with Crippen molar-refractivity contribution >= 4 is 17.5 Å². The molecule has 0 fully saturated rings. The number of allylic oxidation sites excluding steroid dienone is 1. The maximum Gasteiger partial charge on any atom is 0.255 e. The van der Waals surface area contributed by atoms with E-state index >= 15 is 0 Å². The summed E-state index contributed by atoms with van der Waals surface area (Å²) in [4.78, 5) is 18.6. The maximum atomic E-state index is 13.8. The molecule has 0 saturated heterocycles. The Labute approximate surface area is 232 Å². The number of carbonyl (C=O) groups is 1. The molecule has 4 aromatic rings. The lowest BCUT2D eigenvalue weighted by atomic mass is 9.94. The van der Waals surface area contributed by atoms with E-state index in [2.05, 4.69) is 10.6 Å². The van der Waals surface area contributed by atoms with Gasteiger partial charge in [-0.25, -0.2) is 4.68 Å². The van der Waals surface area contributed by atoms with E-state index in [0.717, 1.165) is 5.56 Å². The summed E-state index contributed by atoms with van der Waals surface area (Å²) in [5.74, 6) is 2.72. The van der Waals surface area contributed by atoms with Gasteiger partial charge < -0.3 is 29.6 Å². The first-order valence-corrected chi connectivity index (χ1v) is 12.8. The number of methoxy groups -OCH3 is 3. The number of para-hydroxylation sites is 2. The van der Waals surface area contributed by atoms with Crippen LogP contribution in [0.2, 0.25) is 0 Å². The van der Waals surface area contributed by atoms with Gasteiger partial charge in [-0.15, -0.1) is 5.10 Å². The third-order valence-electron chi connectivity index (χ3n) is 6.57. The third-order valence-corrected chi connectivity index (χ3v) is 6.57. The average molecular weight is 542 g/mol. The molecule has 10 nitrogen and oxygen atoms in total. The van der Waals surface area contributed by atoms with E-state index in [1.807, 2.05) is 68.4 Å². The quantitative estimate of drug-likeness (QED) is 0.294. The number of ether oxygens (including phenoxy) is 4. The van der Waals surface area contributed by atoms with E-state index in [0.29, 0.717) is 63.9 Å². The van der Waals surface area contributed by atoms with Gasteiger partial charge in [-0.05, 0) is 44.2 Å².